The van der Waals surface area contributed by atoms with Crippen LogP contribution in [-0.2, 0) is 0 Å². The van der Waals surface area contributed by atoms with Crippen LogP contribution in [-0.4, -0.2) is 11.0 Å². The number of esters is 1. The molecule has 0 bridgehead atoms. The molecule has 0 aliphatic heterocycles. The van der Waals surface area contributed by atoms with Crippen molar-refractivity contribution in [1.29, 1.82) is 0 Å². The van der Waals surface area contributed by atoms with Crippen LogP contribution >= 0.6 is 0 Å². The van der Waals surface area contributed by atoms with Crippen LogP contribution in [0.2, 0.25) is 0 Å². The van der Waals surface area contributed by atoms with E-state index in [4.69, 9.17) is 0 Å². The molecule has 0 radical (unpaired) electrons. The third-order valence-electron chi connectivity index (χ3n) is 3.23. The summed E-state index contributed by atoms with van der Waals surface area (Å²) in [4.78, 5) is 16.1. The number of nitrogens with zero attached hydrogens (tertiary/aromatic N) is 1. The third-order valence-corrected chi connectivity index (χ3v) is 3.23. The van der Waals surface area contributed by atoms with E-state index in [0.29, 0.717) is 10.9 Å². The second kappa shape index (κ2) is 5.88. The van der Waals surface area contributed by atoms with E-state index in [1.807, 2.05) is 0 Å². The number of fused-ring (bicyclic) bond motifs is 1. The molecule has 24 heavy (non-hydrogen) atoms. The molecule has 0 atom stereocenters. The summed E-state index contributed by atoms with van der Waals surface area (Å²) >= 11 is 0. The van der Waals surface area contributed by atoms with Gasteiger partial charge in [0.2, 0.25) is 34.8 Å². The molecule has 0 aliphatic rings. The van der Waals surface area contributed by atoms with Crippen molar-refractivity contribution in [3.63, 3.8) is 0 Å². The standard InChI is InChI=1S/C16H6F5NO2/c17-10-11(18)13(20)15(14(21)12(10)19)24-16(23)8-3-1-5-9-7(8)4-2-6-22-9/h1-6H. The van der Waals surface area contributed by atoms with Crippen LogP contribution in [0.5, 0.6) is 5.75 Å². The first-order valence-corrected chi connectivity index (χ1v) is 6.49. The van der Waals surface area contributed by atoms with Crippen LogP contribution in [0.15, 0.2) is 36.5 Å². The molecular weight excluding hydrogens is 333 g/mol. The van der Waals surface area contributed by atoms with Gasteiger partial charge in [0.15, 0.2) is 0 Å². The molecule has 3 aromatic rings. The van der Waals surface area contributed by atoms with E-state index in [9.17, 15) is 26.7 Å². The molecular formula is C16H6F5NO2. The van der Waals surface area contributed by atoms with Gasteiger partial charge in [-0.1, -0.05) is 12.1 Å². The average Bonchev–Trinajstić information content (AvgIpc) is 2.61. The minimum Gasteiger partial charge on any atom is -0.416 e. The van der Waals surface area contributed by atoms with Crippen molar-refractivity contribution in [2.75, 3.05) is 0 Å². The topological polar surface area (TPSA) is 39.2 Å². The van der Waals surface area contributed by atoms with Gasteiger partial charge >= 0.3 is 5.97 Å². The molecule has 3 nitrogen and oxygen atoms in total. The van der Waals surface area contributed by atoms with Crippen LogP contribution in [0.1, 0.15) is 10.4 Å². The first-order valence-electron chi connectivity index (χ1n) is 6.49. The maximum Gasteiger partial charge on any atom is 0.344 e. The molecule has 1 heterocycles. The lowest BCUT2D eigenvalue weighted by atomic mass is 10.1. The zero-order valence-electron chi connectivity index (χ0n) is 11.6. The zero-order chi connectivity index (χ0) is 17.4. The SMILES string of the molecule is O=C(Oc1c(F)c(F)c(F)c(F)c1F)c1cccc2ncccc12. The van der Waals surface area contributed by atoms with Gasteiger partial charge in [-0.25, -0.2) is 18.0 Å². The van der Waals surface area contributed by atoms with Crippen LogP contribution in [0.25, 0.3) is 10.9 Å². The number of pyridine rings is 1. The molecule has 8 heteroatoms. The lowest BCUT2D eigenvalue weighted by molar-refractivity contribution is 0.0718. The predicted octanol–water partition coefficient (Wildman–Crippen LogP) is 4.15. The largest absolute Gasteiger partial charge is 0.416 e. The van der Waals surface area contributed by atoms with Gasteiger partial charge in [0.1, 0.15) is 0 Å². The molecule has 0 saturated heterocycles. The van der Waals surface area contributed by atoms with Crippen molar-refractivity contribution in [2.24, 2.45) is 0 Å². The summed E-state index contributed by atoms with van der Waals surface area (Å²) in [6, 6.07) is 7.29. The molecule has 0 unspecified atom stereocenters. The second-order valence-corrected chi connectivity index (χ2v) is 4.66. The summed E-state index contributed by atoms with van der Waals surface area (Å²) in [6.45, 7) is 0. The van der Waals surface area contributed by atoms with Crippen molar-refractivity contribution >= 4 is 16.9 Å². The molecule has 122 valence electrons. The average molecular weight is 339 g/mol. The molecule has 0 aliphatic carbocycles. The number of hydrogen-bond acceptors (Lipinski definition) is 3. The van der Waals surface area contributed by atoms with Crippen molar-refractivity contribution < 1.29 is 31.5 Å². The molecule has 0 fully saturated rings. The van der Waals surface area contributed by atoms with Gasteiger partial charge in [-0.3, -0.25) is 4.98 Å². The maximum atomic E-state index is 13.6. The van der Waals surface area contributed by atoms with E-state index < -0.39 is 40.8 Å². The van der Waals surface area contributed by atoms with E-state index in [2.05, 4.69) is 9.72 Å². The van der Waals surface area contributed by atoms with Gasteiger partial charge in [-0.05, 0) is 18.2 Å². The Balaban J connectivity index is 2.08. The molecule has 1 aromatic heterocycles. The number of carbonyl (C=O) groups excluding carboxylic acids is 1. The Kier molecular flexibility index (Phi) is 3.88. The first-order chi connectivity index (χ1) is 11.4. The second-order valence-electron chi connectivity index (χ2n) is 4.66. The van der Waals surface area contributed by atoms with E-state index >= 15 is 0 Å². The van der Waals surface area contributed by atoms with Crippen LogP contribution in [0.3, 0.4) is 0 Å². The Labute approximate surface area is 131 Å². The smallest absolute Gasteiger partial charge is 0.344 e. The quantitative estimate of drug-likeness (QED) is 0.231. The van der Waals surface area contributed by atoms with Crippen molar-refractivity contribution in [3.8, 4) is 5.75 Å². The van der Waals surface area contributed by atoms with Gasteiger partial charge in [0.05, 0.1) is 11.1 Å². The minimum absolute atomic E-state index is 0.135. The van der Waals surface area contributed by atoms with E-state index in [1.165, 1.54) is 30.5 Å². The number of aromatic nitrogens is 1. The number of rotatable bonds is 2. The van der Waals surface area contributed by atoms with Crippen molar-refractivity contribution in [2.45, 2.75) is 0 Å². The highest BCUT2D eigenvalue weighted by atomic mass is 19.2. The number of halogens is 5. The molecule has 0 spiro atoms. The monoisotopic (exact) mass is 339 g/mol. The normalized spacial score (nSPS) is 10.9. The molecule has 0 amide bonds. The van der Waals surface area contributed by atoms with Crippen LogP contribution < -0.4 is 4.74 Å². The Hall–Kier alpha value is -3.03. The minimum atomic E-state index is -2.33. The summed E-state index contributed by atoms with van der Waals surface area (Å²) in [6.07, 6.45) is 1.46. The summed E-state index contributed by atoms with van der Waals surface area (Å²) < 4.78 is 70.9. The predicted molar refractivity (Wildman–Crippen MR) is 72.9 cm³/mol. The lowest BCUT2D eigenvalue weighted by Gasteiger charge is -2.10. The van der Waals surface area contributed by atoms with Gasteiger partial charge in [0.25, 0.3) is 0 Å². The number of hydrogen-bond donors (Lipinski definition) is 0. The fraction of sp³-hybridized carbons (Fsp3) is 0. The van der Waals surface area contributed by atoms with E-state index in [1.54, 1.807) is 6.07 Å². The Morgan fingerprint density at radius 2 is 1.46 bits per heavy atom. The highest BCUT2D eigenvalue weighted by molar-refractivity contribution is 6.04. The number of ether oxygens (including phenoxy) is 1. The summed E-state index contributed by atoms with van der Waals surface area (Å²) in [5, 5.41) is 0.300. The summed E-state index contributed by atoms with van der Waals surface area (Å²) in [7, 11) is 0. The third kappa shape index (κ3) is 2.45. The summed E-state index contributed by atoms with van der Waals surface area (Å²) in [5.74, 6) is -14.1. The van der Waals surface area contributed by atoms with Gasteiger partial charge in [-0.15, -0.1) is 0 Å². The van der Waals surface area contributed by atoms with Crippen molar-refractivity contribution in [1.82, 2.24) is 4.98 Å². The fourth-order valence-electron chi connectivity index (χ4n) is 2.10. The van der Waals surface area contributed by atoms with Gasteiger partial charge in [-0.2, -0.15) is 8.78 Å². The lowest BCUT2D eigenvalue weighted by Crippen LogP contribution is -2.14. The first kappa shape index (κ1) is 15.9. The van der Waals surface area contributed by atoms with Gasteiger partial charge in [0, 0.05) is 11.6 Å². The Morgan fingerprint density at radius 1 is 0.833 bits per heavy atom. The summed E-state index contributed by atoms with van der Waals surface area (Å²) in [5.41, 5.74) is 0.258. The number of carbonyl (C=O) groups is 1. The Bertz CT molecular complexity index is 940. The number of benzene rings is 2. The molecule has 0 N–H and O–H groups in total. The Morgan fingerprint density at radius 3 is 2.12 bits per heavy atom. The van der Waals surface area contributed by atoms with Crippen LogP contribution in [0.4, 0.5) is 22.0 Å². The van der Waals surface area contributed by atoms with Gasteiger partial charge < -0.3 is 4.74 Å². The highest BCUT2D eigenvalue weighted by Gasteiger charge is 2.29. The highest BCUT2D eigenvalue weighted by Crippen LogP contribution is 2.30. The van der Waals surface area contributed by atoms with E-state index in [0.717, 1.165) is 0 Å². The molecule has 3 rings (SSSR count). The van der Waals surface area contributed by atoms with Crippen molar-refractivity contribution in [3.05, 3.63) is 71.2 Å². The van der Waals surface area contributed by atoms with Crippen LogP contribution in [0, 0.1) is 29.1 Å². The molecule has 0 saturated carbocycles. The van der Waals surface area contributed by atoms with E-state index in [-0.39, 0.29) is 5.56 Å². The molecule has 2 aromatic carbocycles. The fourth-order valence-corrected chi connectivity index (χ4v) is 2.10. The zero-order valence-corrected chi connectivity index (χ0v) is 11.6. The maximum absolute atomic E-state index is 13.6.